The minimum Gasteiger partial charge on any atom is -0.361 e. The highest BCUT2D eigenvalue weighted by Crippen LogP contribution is 2.37. The number of aromatic nitrogens is 1. The normalized spacial score (nSPS) is 27.5. The zero-order valence-corrected chi connectivity index (χ0v) is 14.1. The van der Waals surface area contributed by atoms with Crippen molar-refractivity contribution in [1.29, 1.82) is 0 Å². The Labute approximate surface area is 136 Å². The van der Waals surface area contributed by atoms with Gasteiger partial charge >= 0.3 is 0 Å². The van der Waals surface area contributed by atoms with Gasteiger partial charge in [0, 0.05) is 38.3 Å². The Bertz CT molecular complexity index is 612. The monoisotopic (exact) mass is 320 g/mol. The Morgan fingerprint density at radius 3 is 2.70 bits per heavy atom. The van der Waals surface area contributed by atoms with E-state index in [9.17, 15) is 9.59 Å². The minimum atomic E-state index is -0.0958. The fourth-order valence-electron chi connectivity index (χ4n) is 4.01. The maximum atomic E-state index is 12.5. The Balaban J connectivity index is 1.75. The van der Waals surface area contributed by atoms with Gasteiger partial charge in [0.1, 0.15) is 5.76 Å². The summed E-state index contributed by atoms with van der Waals surface area (Å²) in [6.45, 7) is 7.29. The number of amides is 2. The van der Waals surface area contributed by atoms with Crippen LogP contribution in [0.15, 0.2) is 10.6 Å². The molecule has 0 aromatic carbocycles. The summed E-state index contributed by atoms with van der Waals surface area (Å²) < 4.78 is 5.00. The predicted molar refractivity (Wildman–Crippen MR) is 83.9 cm³/mol. The zero-order chi connectivity index (χ0) is 16.7. The van der Waals surface area contributed by atoms with E-state index in [2.05, 4.69) is 29.2 Å². The second-order valence-corrected chi connectivity index (χ2v) is 6.77. The van der Waals surface area contributed by atoms with Crippen LogP contribution in [0.3, 0.4) is 0 Å². The molecule has 2 aliphatic heterocycles. The third-order valence-electron chi connectivity index (χ3n) is 4.95. The first-order valence-corrected chi connectivity index (χ1v) is 8.14. The van der Waals surface area contributed by atoms with Crippen molar-refractivity contribution in [3.05, 3.63) is 17.5 Å². The summed E-state index contributed by atoms with van der Waals surface area (Å²) in [5.74, 6) is 0.947. The van der Waals surface area contributed by atoms with Crippen molar-refractivity contribution in [2.45, 2.75) is 45.3 Å². The van der Waals surface area contributed by atoms with Crippen LogP contribution < -0.4 is 5.32 Å². The summed E-state index contributed by atoms with van der Waals surface area (Å²) in [4.78, 5) is 28.8. The van der Waals surface area contributed by atoms with Crippen LogP contribution in [0.25, 0.3) is 0 Å². The standard InChI is InChI=1S/C16H24N4O3/c1-9(2)20-13(15(21)17-4)6-11-7-19(8-14(11)20)16(22)12-5-10(3)23-18-12/h5,9,11,13-14H,6-8H2,1-4H3,(H,17,21)/t11-,13-,14+/m0/s1. The first-order valence-electron chi connectivity index (χ1n) is 8.14. The molecule has 7 heteroatoms. The van der Waals surface area contributed by atoms with Gasteiger partial charge in [-0.3, -0.25) is 14.5 Å². The lowest BCUT2D eigenvalue weighted by atomic mass is 10.0. The molecular weight excluding hydrogens is 296 g/mol. The van der Waals surface area contributed by atoms with E-state index >= 15 is 0 Å². The third-order valence-corrected chi connectivity index (χ3v) is 4.95. The minimum absolute atomic E-state index is 0.0677. The molecule has 0 radical (unpaired) electrons. The number of carbonyl (C=O) groups excluding carboxylic acids is 2. The van der Waals surface area contributed by atoms with Gasteiger partial charge in [0.15, 0.2) is 5.69 Å². The summed E-state index contributed by atoms with van der Waals surface area (Å²) in [5, 5.41) is 6.58. The highest BCUT2D eigenvalue weighted by Gasteiger charge is 2.50. The fourth-order valence-corrected chi connectivity index (χ4v) is 4.01. The van der Waals surface area contributed by atoms with Crippen molar-refractivity contribution >= 4 is 11.8 Å². The number of hydrogen-bond donors (Lipinski definition) is 1. The maximum Gasteiger partial charge on any atom is 0.276 e. The van der Waals surface area contributed by atoms with E-state index < -0.39 is 0 Å². The Hall–Kier alpha value is -1.89. The van der Waals surface area contributed by atoms with E-state index in [-0.39, 0.29) is 29.9 Å². The van der Waals surface area contributed by atoms with Crippen molar-refractivity contribution in [3.8, 4) is 0 Å². The Morgan fingerprint density at radius 2 is 2.13 bits per heavy atom. The molecular formula is C16H24N4O3. The van der Waals surface area contributed by atoms with Crippen LogP contribution in [-0.2, 0) is 4.79 Å². The summed E-state index contributed by atoms with van der Waals surface area (Å²) in [7, 11) is 1.68. The Morgan fingerprint density at radius 1 is 1.39 bits per heavy atom. The number of hydrogen-bond acceptors (Lipinski definition) is 5. The first-order chi connectivity index (χ1) is 10.9. The summed E-state index contributed by atoms with van der Waals surface area (Å²) in [6.07, 6.45) is 0.796. The third kappa shape index (κ3) is 2.73. The molecule has 7 nitrogen and oxygen atoms in total. The lowest BCUT2D eigenvalue weighted by Gasteiger charge is -2.32. The van der Waals surface area contributed by atoms with E-state index in [1.807, 2.05) is 4.90 Å². The van der Waals surface area contributed by atoms with Crippen LogP contribution in [-0.4, -0.2) is 65.0 Å². The van der Waals surface area contributed by atoms with E-state index in [0.29, 0.717) is 30.5 Å². The van der Waals surface area contributed by atoms with Crippen LogP contribution in [0.2, 0.25) is 0 Å². The maximum absolute atomic E-state index is 12.5. The topological polar surface area (TPSA) is 78.7 Å². The van der Waals surface area contributed by atoms with Gasteiger partial charge < -0.3 is 14.7 Å². The number of nitrogens with zero attached hydrogens (tertiary/aromatic N) is 3. The second kappa shape index (κ2) is 5.96. The van der Waals surface area contributed by atoms with Gasteiger partial charge in [0.25, 0.3) is 5.91 Å². The predicted octanol–water partition coefficient (Wildman–Crippen LogP) is 0.652. The fraction of sp³-hybridized carbons (Fsp3) is 0.688. The molecule has 2 saturated heterocycles. The number of rotatable bonds is 3. The molecule has 2 amide bonds. The smallest absolute Gasteiger partial charge is 0.276 e. The number of likely N-dealkylation sites (N-methyl/N-ethyl adjacent to an activating group) is 1. The second-order valence-electron chi connectivity index (χ2n) is 6.77. The van der Waals surface area contributed by atoms with E-state index in [1.54, 1.807) is 20.0 Å². The van der Waals surface area contributed by atoms with Gasteiger partial charge in [-0.1, -0.05) is 5.16 Å². The molecule has 0 aliphatic carbocycles. The summed E-state index contributed by atoms with van der Waals surface area (Å²) in [6, 6.07) is 2.07. The van der Waals surface area contributed by atoms with Crippen LogP contribution in [0.4, 0.5) is 0 Å². The van der Waals surface area contributed by atoms with Crippen molar-refractivity contribution < 1.29 is 14.1 Å². The molecule has 2 aliphatic rings. The average Bonchev–Trinajstić information content (AvgIpc) is 3.18. The molecule has 0 bridgehead atoms. The van der Waals surface area contributed by atoms with E-state index in [4.69, 9.17) is 4.52 Å². The van der Waals surface area contributed by atoms with Gasteiger partial charge in [-0.2, -0.15) is 0 Å². The molecule has 126 valence electrons. The van der Waals surface area contributed by atoms with Crippen LogP contribution >= 0.6 is 0 Å². The summed E-state index contributed by atoms with van der Waals surface area (Å²) >= 11 is 0. The molecule has 1 aromatic rings. The van der Waals surface area contributed by atoms with Crippen LogP contribution in [0, 0.1) is 12.8 Å². The number of carbonyl (C=O) groups is 2. The molecule has 3 heterocycles. The van der Waals surface area contributed by atoms with Crippen molar-refractivity contribution in [2.24, 2.45) is 5.92 Å². The van der Waals surface area contributed by atoms with Gasteiger partial charge in [-0.05, 0) is 33.1 Å². The van der Waals surface area contributed by atoms with Crippen molar-refractivity contribution in [3.63, 3.8) is 0 Å². The lowest BCUT2D eigenvalue weighted by Crippen LogP contribution is -2.50. The average molecular weight is 320 g/mol. The molecule has 0 saturated carbocycles. The largest absolute Gasteiger partial charge is 0.361 e. The number of fused-ring (bicyclic) bond motifs is 1. The number of nitrogens with one attached hydrogen (secondary N) is 1. The van der Waals surface area contributed by atoms with Crippen molar-refractivity contribution in [2.75, 3.05) is 20.1 Å². The first kappa shape index (κ1) is 16.0. The molecule has 3 atom stereocenters. The van der Waals surface area contributed by atoms with E-state index in [0.717, 1.165) is 6.42 Å². The molecule has 23 heavy (non-hydrogen) atoms. The van der Waals surface area contributed by atoms with Gasteiger partial charge in [0.05, 0.1) is 6.04 Å². The highest BCUT2D eigenvalue weighted by atomic mass is 16.5. The number of likely N-dealkylation sites (tertiary alicyclic amines) is 2. The van der Waals surface area contributed by atoms with Gasteiger partial charge in [-0.25, -0.2) is 0 Å². The van der Waals surface area contributed by atoms with E-state index in [1.165, 1.54) is 0 Å². The highest BCUT2D eigenvalue weighted by molar-refractivity contribution is 5.92. The molecule has 2 fully saturated rings. The molecule has 0 spiro atoms. The van der Waals surface area contributed by atoms with Crippen LogP contribution in [0.5, 0.6) is 0 Å². The number of aryl methyl sites for hydroxylation is 1. The van der Waals surface area contributed by atoms with Crippen LogP contribution in [0.1, 0.15) is 36.5 Å². The van der Waals surface area contributed by atoms with Gasteiger partial charge in [0.2, 0.25) is 5.91 Å². The van der Waals surface area contributed by atoms with Gasteiger partial charge in [-0.15, -0.1) is 0 Å². The lowest BCUT2D eigenvalue weighted by molar-refractivity contribution is -0.126. The molecule has 1 N–H and O–H groups in total. The summed E-state index contributed by atoms with van der Waals surface area (Å²) in [5.41, 5.74) is 0.362. The molecule has 1 aromatic heterocycles. The Kier molecular flexibility index (Phi) is 4.14. The SMILES string of the molecule is CNC(=O)[C@@H]1C[C@H]2CN(C(=O)c3cc(C)on3)C[C@H]2N1C(C)C. The zero-order valence-electron chi connectivity index (χ0n) is 14.1. The molecule has 3 rings (SSSR count). The van der Waals surface area contributed by atoms with Crippen molar-refractivity contribution in [1.82, 2.24) is 20.3 Å². The molecule has 0 unspecified atom stereocenters. The quantitative estimate of drug-likeness (QED) is 0.885.